The fourth-order valence-corrected chi connectivity index (χ4v) is 6.71. The highest BCUT2D eigenvalue weighted by Gasteiger charge is 2.35. The quantitative estimate of drug-likeness (QED) is 0.161. The predicted molar refractivity (Wildman–Crippen MR) is 185 cm³/mol. The second-order valence-electron chi connectivity index (χ2n) is 11.2. The molecule has 0 aliphatic rings. The highest BCUT2D eigenvalue weighted by molar-refractivity contribution is 9.10. The normalized spacial score (nSPS) is 12.5. The molecule has 0 aliphatic carbocycles. The van der Waals surface area contributed by atoms with Crippen molar-refractivity contribution >= 4 is 43.5 Å². The van der Waals surface area contributed by atoms with E-state index in [9.17, 15) is 18.0 Å². The number of hydrogen-bond donors (Lipinski definition) is 1. The van der Waals surface area contributed by atoms with Gasteiger partial charge in [0.05, 0.1) is 17.7 Å². The van der Waals surface area contributed by atoms with E-state index in [0.29, 0.717) is 12.2 Å². The zero-order valence-corrected chi connectivity index (χ0v) is 28.9. The standard InChI is InChI=1S/C36H40BrN3O5S/c1-5-27(3)38-36(42)33(23-28-12-8-6-9-13-28)39(24-29-17-19-30(37)20-18-29)35(41)25-40(32-22-26(2)16-21-34(32)45-4)46(43,44)31-14-10-7-11-15-31/h6-22,27,33H,5,23-25H2,1-4H3,(H,38,42)/t27-,33+/m1/s1. The number of ether oxygens (including phenoxy) is 1. The summed E-state index contributed by atoms with van der Waals surface area (Å²) < 4.78 is 36.1. The lowest BCUT2D eigenvalue weighted by Gasteiger charge is -2.34. The van der Waals surface area contributed by atoms with Crippen LogP contribution in [0.2, 0.25) is 0 Å². The van der Waals surface area contributed by atoms with Crippen LogP contribution in [0, 0.1) is 6.92 Å². The van der Waals surface area contributed by atoms with Crippen LogP contribution in [0.15, 0.2) is 112 Å². The van der Waals surface area contributed by atoms with E-state index in [1.807, 2.05) is 81.4 Å². The van der Waals surface area contributed by atoms with E-state index in [4.69, 9.17) is 4.74 Å². The summed E-state index contributed by atoms with van der Waals surface area (Å²) in [6.45, 7) is 5.25. The summed E-state index contributed by atoms with van der Waals surface area (Å²) in [5, 5.41) is 3.05. The molecule has 0 bridgehead atoms. The van der Waals surface area contributed by atoms with Gasteiger partial charge < -0.3 is 15.0 Å². The largest absolute Gasteiger partial charge is 0.495 e. The number of hydrogen-bond acceptors (Lipinski definition) is 5. The van der Waals surface area contributed by atoms with Gasteiger partial charge in [-0.1, -0.05) is 89.6 Å². The molecule has 4 rings (SSSR count). The molecular formula is C36H40BrN3O5S. The van der Waals surface area contributed by atoms with Crippen molar-refractivity contribution in [2.24, 2.45) is 0 Å². The van der Waals surface area contributed by atoms with Gasteiger partial charge in [0.1, 0.15) is 18.3 Å². The molecule has 0 spiro atoms. The number of benzene rings is 4. The smallest absolute Gasteiger partial charge is 0.264 e. The number of halogens is 1. The molecule has 46 heavy (non-hydrogen) atoms. The third-order valence-electron chi connectivity index (χ3n) is 7.75. The lowest BCUT2D eigenvalue weighted by Crippen LogP contribution is -2.54. The number of nitrogens with zero attached hydrogens (tertiary/aromatic N) is 2. The molecule has 2 atom stereocenters. The van der Waals surface area contributed by atoms with Gasteiger partial charge in [-0.3, -0.25) is 13.9 Å². The van der Waals surface area contributed by atoms with E-state index < -0.39 is 28.5 Å². The van der Waals surface area contributed by atoms with Crippen molar-refractivity contribution < 1.29 is 22.7 Å². The molecule has 0 aromatic heterocycles. The van der Waals surface area contributed by atoms with Crippen LogP contribution in [0.4, 0.5) is 5.69 Å². The number of anilines is 1. The minimum Gasteiger partial charge on any atom is -0.495 e. The second-order valence-corrected chi connectivity index (χ2v) is 13.9. The van der Waals surface area contributed by atoms with Crippen molar-refractivity contribution in [1.29, 1.82) is 0 Å². The average molecular weight is 707 g/mol. The Bertz CT molecular complexity index is 1720. The fraction of sp³-hybridized carbons (Fsp3) is 0.278. The minimum absolute atomic E-state index is 0.0289. The van der Waals surface area contributed by atoms with E-state index in [2.05, 4.69) is 21.2 Å². The van der Waals surface area contributed by atoms with Crippen molar-refractivity contribution in [3.8, 4) is 5.75 Å². The van der Waals surface area contributed by atoms with Gasteiger partial charge in [0.15, 0.2) is 0 Å². The Hall–Kier alpha value is -4.15. The van der Waals surface area contributed by atoms with Crippen molar-refractivity contribution in [1.82, 2.24) is 10.2 Å². The van der Waals surface area contributed by atoms with E-state index in [0.717, 1.165) is 25.5 Å². The maximum absolute atomic E-state index is 14.6. The predicted octanol–water partition coefficient (Wildman–Crippen LogP) is 6.52. The van der Waals surface area contributed by atoms with Crippen LogP contribution in [-0.2, 0) is 32.6 Å². The van der Waals surface area contributed by atoms with E-state index >= 15 is 0 Å². The number of rotatable bonds is 14. The number of methoxy groups -OCH3 is 1. The van der Waals surface area contributed by atoms with Gasteiger partial charge in [-0.05, 0) is 73.4 Å². The topological polar surface area (TPSA) is 96.0 Å². The fourth-order valence-electron chi connectivity index (χ4n) is 5.01. The Morgan fingerprint density at radius 3 is 2.13 bits per heavy atom. The van der Waals surface area contributed by atoms with Gasteiger partial charge in [0.25, 0.3) is 10.0 Å². The van der Waals surface area contributed by atoms with Gasteiger partial charge in [0.2, 0.25) is 11.8 Å². The molecule has 0 saturated heterocycles. The maximum atomic E-state index is 14.6. The molecule has 242 valence electrons. The molecule has 8 nitrogen and oxygen atoms in total. The van der Waals surface area contributed by atoms with Crippen molar-refractivity contribution in [2.75, 3.05) is 18.0 Å². The average Bonchev–Trinajstić information content (AvgIpc) is 3.06. The van der Waals surface area contributed by atoms with E-state index in [1.54, 1.807) is 30.3 Å². The lowest BCUT2D eigenvalue weighted by molar-refractivity contribution is -0.140. The highest BCUT2D eigenvalue weighted by atomic mass is 79.9. The van der Waals surface area contributed by atoms with Crippen LogP contribution < -0.4 is 14.4 Å². The van der Waals surface area contributed by atoms with Crippen LogP contribution in [0.5, 0.6) is 5.75 Å². The first-order valence-electron chi connectivity index (χ1n) is 15.1. The molecule has 0 fully saturated rings. The molecule has 2 amide bonds. The van der Waals surface area contributed by atoms with Gasteiger partial charge >= 0.3 is 0 Å². The third kappa shape index (κ3) is 8.76. The van der Waals surface area contributed by atoms with Crippen LogP contribution >= 0.6 is 15.9 Å². The zero-order chi connectivity index (χ0) is 33.3. The number of carbonyl (C=O) groups is 2. The third-order valence-corrected chi connectivity index (χ3v) is 10.1. The Morgan fingerprint density at radius 1 is 0.891 bits per heavy atom. The maximum Gasteiger partial charge on any atom is 0.264 e. The summed E-state index contributed by atoms with van der Waals surface area (Å²) in [4.78, 5) is 30.1. The van der Waals surface area contributed by atoms with Crippen LogP contribution in [0.25, 0.3) is 0 Å². The van der Waals surface area contributed by atoms with Gasteiger partial charge in [-0.15, -0.1) is 0 Å². The summed E-state index contributed by atoms with van der Waals surface area (Å²) in [6, 6.07) is 29.1. The monoisotopic (exact) mass is 705 g/mol. The number of sulfonamides is 1. The first-order valence-corrected chi connectivity index (χ1v) is 17.4. The van der Waals surface area contributed by atoms with Crippen LogP contribution in [0.3, 0.4) is 0 Å². The highest BCUT2D eigenvalue weighted by Crippen LogP contribution is 2.34. The SMILES string of the molecule is CC[C@@H](C)NC(=O)[C@H](Cc1ccccc1)N(Cc1ccc(Br)cc1)C(=O)CN(c1cc(C)ccc1OC)S(=O)(=O)c1ccccc1. The summed E-state index contributed by atoms with van der Waals surface area (Å²) in [5.74, 6) is -0.548. The molecule has 0 aliphatic heterocycles. The molecule has 1 N–H and O–H groups in total. The Kier molecular flexibility index (Phi) is 12.0. The molecule has 4 aromatic rings. The zero-order valence-electron chi connectivity index (χ0n) is 26.5. The number of aryl methyl sites for hydroxylation is 1. The molecule has 0 unspecified atom stereocenters. The summed E-state index contributed by atoms with van der Waals surface area (Å²) in [6.07, 6.45) is 0.950. The molecule has 0 radical (unpaired) electrons. The first-order chi connectivity index (χ1) is 22.0. The van der Waals surface area contributed by atoms with Crippen LogP contribution in [-0.4, -0.2) is 50.9 Å². The Labute approximate surface area is 280 Å². The molecule has 0 heterocycles. The summed E-state index contributed by atoms with van der Waals surface area (Å²) >= 11 is 3.46. The lowest BCUT2D eigenvalue weighted by atomic mass is 10.0. The van der Waals surface area contributed by atoms with Gasteiger partial charge in [-0.2, -0.15) is 0 Å². The minimum atomic E-state index is -4.24. The number of amides is 2. The van der Waals surface area contributed by atoms with Crippen molar-refractivity contribution in [3.63, 3.8) is 0 Å². The van der Waals surface area contributed by atoms with Crippen molar-refractivity contribution in [2.45, 2.75) is 57.1 Å². The van der Waals surface area contributed by atoms with Gasteiger partial charge in [-0.25, -0.2) is 8.42 Å². The molecular weight excluding hydrogens is 666 g/mol. The van der Waals surface area contributed by atoms with E-state index in [-0.39, 0.29) is 35.5 Å². The summed E-state index contributed by atoms with van der Waals surface area (Å²) in [7, 11) is -2.78. The van der Waals surface area contributed by atoms with Gasteiger partial charge in [0, 0.05) is 23.5 Å². The molecule has 0 saturated carbocycles. The molecule has 10 heteroatoms. The first kappa shape index (κ1) is 34.7. The second kappa shape index (κ2) is 15.9. The van der Waals surface area contributed by atoms with Crippen molar-refractivity contribution in [3.05, 3.63) is 124 Å². The Balaban J connectivity index is 1.84. The number of carbonyl (C=O) groups excluding carboxylic acids is 2. The number of nitrogens with one attached hydrogen (secondary N) is 1. The Morgan fingerprint density at radius 2 is 1.52 bits per heavy atom. The summed E-state index contributed by atoms with van der Waals surface area (Å²) in [5.41, 5.74) is 2.68. The molecule has 4 aromatic carbocycles. The van der Waals surface area contributed by atoms with Crippen LogP contribution in [0.1, 0.15) is 37.0 Å². The van der Waals surface area contributed by atoms with E-state index in [1.165, 1.54) is 24.1 Å².